The molecule has 1 heterocycles. The van der Waals surface area contributed by atoms with Gasteiger partial charge in [-0.05, 0) is 0 Å². The Labute approximate surface area is 91.1 Å². The van der Waals surface area contributed by atoms with Crippen molar-refractivity contribution >= 4 is 15.9 Å². The molecule has 84 valence electrons. The number of alkyl halides is 1. The van der Waals surface area contributed by atoms with Crippen molar-refractivity contribution in [3.8, 4) is 0 Å². The maximum absolute atomic E-state index is 9.68. The molecule has 0 saturated carbocycles. The lowest BCUT2D eigenvalue weighted by atomic mass is 10.00. The highest BCUT2D eigenvalue weighted by Gasteiger charge is 2.44. The van der Waals surface area contributed by atoms with E-state index in [-0.39, 0.29) is 6.10 Å². The summed E-state index contributed by atoms with van der Waals surface area (Å²) in [6, 6.07) is 0. The first-order valence-electron chi connectivity index (χ1n) is 4.28. The number of methoxy groups -OCH3 is 2. The van der Waals surface area contributed by atoms with Crippen LogP contribution >= 0.6 is 15.9 Å². The third-order valence-electron chi connectivity index (χ3n) is 2.30. The van der Waals surface area contributed by atoms with Crippen LogP contribution in [0.4, 0.5) is 0 Å². The predicted octanol–water partition coefficient (Wildman–Crippen LogP) is -0.511. The lowest BCUT2D eigenvalue weighted by Gasteiger charge is -2.40. The van der Waals surface area contributed by atoms with Crippen LogP contribution in [0.15, 0.2) is 0 Å². The van der Waals surface area contributed by atoms with Crippen LogP contribution in [0.3, 0.4) is 0 Å². The average Bonchev–Trinajstić information content (AvgIpc) is 2.21. The van der Waals surface area contributed by atoms with Crippen LogP contribution in [0.25, 0.3) is 0 Å². The normalized spacial score (nSPS) is 43.9. The van der Waals surface area contributed by atoms with Crippen LogP contribution in [0, 0.1) is 0 Å². The zero-order valence-electron chi connectivity index (χ0n) is 8.09. The van der Waals surface area contributed by atoms with Crippen molar-refractivity contribution in [3.63, 3.8) is 0 Å². The van der Waals surface area contributed by atoms with E-state index in [2.05, 4.69) is 15.9 Å². The van der Waals surface area contributed by atoms with Gasteiger partial charge in [0.2, 0.25) is 0 Å². The van der Waals surface area contributed by atoms with E-state index in [1.165, 1.54) is 14.2 Å². The highest BCUT2D eigenvalue weighted by molar-refractivity contribution is 9.09. The summed E-state index contributed by atoms with van der Waals surface area (Å²) in [4.78, 5) is 0. The first-order valence-corrected chi connectivity index (χ1v) is 5.41. The molecule has 0 bridgehead atoms. The summed E-state index contributed by atoms with van der Waals surface area (Å²) in [7, 11) is 2.88. The lowest BCUT2D eigenvalue weighted by molar-refractivity contribution is -0.288. The van der Waals surface area contributed by atoms with Crippen molar-refractivity contribution in [3.05, 3.63) is 0 Å². The Morgan fingerprint density at radius 3 is 2.29 bits per heavy atom. The Hall–Kier alpha value is 0.280. The van der Waals surface area contributed by atoms with Gasteiger partial charge in [0, 0.05) is 19.5 Å². The Balaban J connectivity index is 2.71. The minimum Gasteiger partial charge on any atom is -0.387 e. The minimum atomic E-state index is -1.08. The van der Waals surface area contributed by atoms with Crippen LogP contribution in [-0.4, -0.2) is 60.5 Å². The second-order valence-corrected chi connectivity index (χ2v) is 3.76. The fourth-order valence-corrected chi connectivity index (χ4v) is 2.04. The fourth-order valence-electron chi connectivity index (χ4n) is 1.52. The van der Waals surface area contributed by atoms with Gasteiger partial charge in [-0.15, -0.1) is 0 Å². The van der Waals surface area contributed by atoms with Crippen molar-refractivity contribution in [2.45, 2.75) is 30.7 Å². The van der Waals surface area contributed by atoms with Gasteiger partial charge < -0.3 is 24.4 Å². The Bertz CT molecular complexity index is 177. The molecule has 5 atom stereocenters. The van der Waals surface area contributed by atoms with E-state index in [4.69, 9.17) is 14.2 Å². The standard InChI is InChI=1S/C8H15BrO5/c1-12-7-4(3-9)14-8(13-2)6(11)5(7)10/h4-8,10-11H,3H2,1-2H3. The molecule has 0 aromatic carbocycles. The molecule has 0 amide bonds. The molecule has 1 aliphatic rings. The summed E-state index contributed by atoms with van der Waals surface area (Å²) in [6.45, 7) is 0. The maximum atomic E-state index is 9.68. The molecule has 0 aromatic heterocycles. The van der Waals surface area contributed by atoms with Gasteiger partial charge in [0.1, 0.15) is 18.3 Å². The van der Waals surface area contributed by atoms with E-state index in [9.17, 15) is 10.2 Å². The largest absolute Gasteiger partial charge is 0.387 e. The second kappa shape index (κ2) is 5.39. The van der Waals surface area contributed by atoms with E-state index in [1.807, 2.05) is 0 Å². The summed E-state index contributed by atoms with van der Waals surface area (Å²) >= 11 is 3.24. The summed E-state index contributed by atoms with van der Waals surface area (Å²) < 4.78 is 15.3. The topological polar surface area (TPSA) is 68.2 Å². The third kappa shape index (κ3) is 2.26. The molecule has 5 unspecified atom stereocenters. The minimum absolute atomic E-state index is 0.330. The van der Waals surface area contributed by atoms with Crippen LogP contribution < -0.4 is 0 Å². The average molecular weight is 271 g/mol. The smallest absolute Gasteiger partial charge is 0.186 e. The number of hydrogen-bond donors (Lipinski definition) is 2. The van der Waals surface area contributed by atoms with Crippen LogP contribution in [0.5, 0.6) is 0 Å². The monoisotopic (exact) mass is 270 g/mol. The van der Waals surface area contributed by atoms with Gasteiger partial charge in [0.05, 0.1) is 6.10 Å². The van der Waals surface area contributed by atoms with E-state index in [0.29, 0.717) is 5.33 Å². The van der Waals surface area contributed by atoms with Gasteiger partial charge in [-0.1, -0.05) is 15.9 Å². The van der Waals surface area contributed by atoms with Gasteiger partial charge >= 0.3 is 0 Å². The van der Waals surface area contributed by atoms with Crippen molar-refractivity contribution in [1.29, 1.82) is 0 Å². The van der Waals surface area contributed by atoms with E-state index in [0.717, 1.165) is 0 Å². The summed E-state index contributed by atoms with van der Waals surface area (Å²) in [5.74, 6) is 0. The van der Waals surface area contributed by atoms with Crippen molar-refractivity contribution < 1.29 is 24.4 Å². The molecule has 14 heavy (non-hydrogen) atoms. The molecule has 1 saturated heterocycles. The number of aliphatic hydroxyl groups excluding tert-OH is 2. The van der Waals surface area contributed by atoms with E-state index >= 15 is 0 Å². The van der Waals surface area contributed by atoms with Gasteiger partial charge in [-0.3, -0.25) is 0 Å². The zero-order chi connectivity index (χ0) is 10.7. The van der Waals surface area contributed by atoms with Crippen molar-refractivity contribution in [2.75, 3.05) is 19.5 Å². The molecule has 0 aromatic rings. The first-order chi connectivity index (χ1) is 6.65. The molecule has 0 radical (unpaired) electrons. The van der Waals surface area contributed by atoms with Crippen molar-refractivity contribution in [1.82, 2.24) is 0 Å². The molecular weight excluding hydrogens is 256 g/mol. The fraction of sp³-hybridized carbons (Fsp3) is 1.00. The molecule has 1 fully saturated rings. The third-order valence-corrected chi connectivity index (χ3v) is 2.94. The molecule has 1 aliphatic heterocycles. The van der Waals surface area contributed by atoms with Gasteiger partial charge in [0.15, 0.2) is 6.29 Å². The number of ether oxygens (including phenoxy) is 3. The molecular formula is C8H15BrO5. The number of halogens is 1. The van der Waals surface area contributed by atoms with Crippen LogP contribution in [0.2, 0.25) is 0 Å². The zero-order valence-corrected chi connectivity index (χ0v) is 9.68. The number of aliphatic hydroxyl groups is 2. The Morgan fingerprint density at radius 2 is 1.86 bits per heavy atom. The van der Waals surface area contributed by atoms with E-state index < -0.39 is 24.6 Å². The van der Waals surface area contributed by atoms with Crippen LogP contribution in [0.1, 0.15) is 0 Å². The lowest BCUT2D eigenvalue weighted by Crippen LogP contribution is -2.59. The maximum Gasteiger partial charge on any atom is 0.186 e. The summed E-state index contributed by atoms with van der Waals surface area (Å²) in [5.41, 5.74) is 0. The molecule has 0 spiro atoms. The highest BCUT2D eigenvalue weighted by Crippen LogP contribution is 2.24. The molecule has 0 aliphatic carbocycles. The Kier molecular flexibility index (Phi) is 4.75. The number of rotatable bonds is 3. The van der Waals surface area contributed by atoms with Gasteiger partial charge in [0.25, 0.3) is 0 Å². The Morgan fingerprint density at radius 1 is 1.21 bits per heavy atom. The molecule has 2 N–H and O–H groups in total. The van der Waals surface area contributed by atoms with Crippen LogP contribution in [-0.2, 0) is 14.2 Å². The summed E-state index contributed by atoms with van der Waals surface area (Å²) in [6.07, 6.45) is -3.76. The predicted molar refractivity (Wildman–Crippen MR) is 52.3 cm³/mol. The second-order valence-electron chi connectivity index (χ2n) is 3.11. The highest BCUT2D eigenvalue weighted by atomic mass is 79.9. The van der Waals surface area contributed by atoms with E-state index in [1.54, 1.807) is 0 Å². The molecule has 1 rings (SSSR count). The molecule has 5 nitrogen and oxygen atoms in total. The van der Waals surface area contributed by atoms with Gasteiger partial charge in [-0.25, -0.2) is 0 Å². The quantitative estimate of drug-likeness (QED) is 0.677. The van der Waals surface area contributed by atoms with Crippen molar-refractivity contribution in [2.24, 2.45) is 0 Å². The SMILES string of the molecule is COC1OC(CBr)C(OC)C(O)C1O. The summed E-state index contributed by atoms with van der Waals surface area (Å²) in [5, 5.41) is 19.8. The van der Waals surface area contributed by atoms with Gasteiger partial charge in [-0.2, -0.15) is 0 Å². The first kappa shape index (κ1) is 12.4. The molecule has 6 heteroatoms. The number of hydrogen-bond acceptors (Lipinski definition) is 5.